The number of hydrogen-bond acceptors (Lipinski definition) is 4. The van der Waals surface area contributed by atoms with Gasteiger partial charge in [0.2, 0.25) is 0 Å². The molecule has 0 aliphatic carbocycles. The molecule has 110 valence electrons. The summed E-state index contributed by atoms with van der Waals surface area (Å²) in [5, 5.41) is 9.37. The summed E-state index contributed by atoms with van der Waals surface area (Å²) in [6.45, 7) is 2.70. The van der Waals surface area contributed by atoms with Gasteiger partial charge in [0, 0.05) is 6.54 Å². The minimum absolute atomic E-state index is 0.00155. The standard InChI is InChI=1S/C15H21NO4/c1-11-7-8-16(12(11)9-17)15(18)10-20-14-6-4-3-5-13(14)19-2/h3-6,11-12,17H,7-10H2,1-2H3. The molecule has 2 unspecified atom stereocenters. The van der Waals surface area contributed by atoms with Gasteiger partial charge in [-0.2, -0.15) is 0 Å². The topological polar surface area (TPSA) is 59.0 Å². The molecule has 1 aromatic rings. The lowest BCUT2D eigenvalue weighted by molar-refractivity contribution is -0.135. The van der Waals surface area contributed by atoms with Crippen molar-refractivity contribution >= 4 is 5.91 Å². The molecular weight excluding hydrogens is 258 g/mol. The third-order valence-electron chi connectivity index (χ3n) is 3.81. The first-order chi connectivity index (χ1) is 9.67. The molecule has 1 saturated heterocycles. The van der Waals surface area contributed by atoms with Crippen molar-refractivity contribution in [2.45, 2.75) is 19.4 Å². The van der Waals surface area contributed by atoms with Gasteiger partial charge in [0.05, 0.1) is 19.8 Å². The Hall–Kier alpha value is -1.75. The second-order valence-corrected chi connectivity index (χ2v) is 5.04. The Kier molecular flexibility index (Phi) is 4.84. The number of hydrogen-bond donors (Lipinski definition) is 1. The van der Waals surface area contributed by atoms with Crippen LogP contribution in [0.15, 0.2) is 24.3 Å². The summed E-state index contributed by atoms with van der Waals surface area (Å²) < 4.78 is 10.7. The SMILES string of the molecule is COc1ccccc1OCC(=O)N1CCC(C)C1CO. The van der Waals surface area contributed by atoms with E-state index in [0.717, 1.165) is 6.42 Å². The molecule has 1 heterocycles. The van der Waals surface area contributed by atoms with Crippen molar-refractivity contribution in [3.63, 3.8) is 0 Å². The van der Waals surface area contributed by atoms with Crippen LogP contribution in [0.4, 0.5) is 0 Å². The first kappa shape index (κ1) is 14.7. The highest BCUT2D eigenvalue weighted by atomic mass is 16.5. The number of methoxy groups -OCH3 is 1. The van der Waals surface area contributed by atoms with Gasteiger partial charge in [-0.3, -0.25) is 4.79 Å². The van der Waals surface area contributed by atoms with E-state index in [1.165, 1.54) is 0 Å². The first-order valence-corrected chi connectivity index (χ1v) is 6.83. The van der Waals surface area contributed by atoms with E-state index >= 15 is 0 Å². The molecule has 0 aromatic heterocycles. The summed E-state index contributed by atoms with van der Waals surface area (Å²) in [5.41, 5.74) is 0. The molecule has 2 rings (SSSR count). The maximum atomic E-state index is 12.2. The number of carbonyl (C=O) groups is 1. The van der Waals surface area contributed by atoms with Crippen LogP contribution in [0.1, 0.15) is 13.3 Å². The van der Waals surface area contributed by atoms with Gasteiger partial charge in [0.25, 0.3) is 5.91 Å². The molecule has 1 aromatic carbocycles. The average Bonchev–Trinajstić information content (AvgIpc) is 2.86. The number of rotatable bonds is 5. The van der Waals surface area contributed by atoms with Crippen molar-refractivity contribution in [2.24, 2.45) is 5.92 Å². The quantitative estimate of drug-likeness (QED) is 0.882. The van der Waals surface area contributed by atoms with Crippen molar-refractivity contribution in [3.8, 4) is 11.5 Å². The number of amides is 1. The predicted molar refractivity (Wildman–Crippen MR) is 74.9 cm³/mol. The normalized spacial score (nSPS) is 21.9. The zero-order chi connectivity index (χ0) is 14.5. The van der Waals surface area contributed by atoms with Crippen LogP contribution in [0.2, 0.25) is 0 Å². The summed E-state index contributed by atoms with van der Waals surface area (Å²) >= 11 is 0. The average molecular weight is 279 g/mol. The van der Waals surface area contributed by atoms with Crippen LogP contribution in [0.25, 0.3) is 0 Å². The highest BCUT2D eigenvalue weighted by molar-refractivity contribution is 5.78. The van der Waals surface area contributed by atoms with E-state index in [4.69, 9.17) is 9.47 Å². The third kappa shape index (κ3) is 3.04. The molecular formula is C15H21NO4. The molecule has 0 saturated carbocycles. The van der Waals surface area contributed by atoms with Crippen molar-refractivity contribution < 1.29 is 19.4 Å². The second-order valence-electron chi connectivity index (χ2n) is 5.04. The lowest BCUT2D eigenvalue weighted by Crippen LogP contribution is -2.42. The Morgan fingerprint density at radius 1 is 1.40 bits per heavy atom. The summed E-state index contributed by atoms with van der Waals surface area (Å²) in [6.07, 6.45) is 0.922. The van der Waals surface area contributed by atoms with Crippen LogP contribution in [-0.2, 0) is 4.79 Å². The molecule has 1 aliphatic rings. The van der Waals surface area contributed by atoms with Gasteiger partial charge in [0.1, 0.15) is 0 Å². The fourth-order valence-corrected chi connectivity index (χ4v) is 2.56. The van der Waals surface area contributed by atoms with E-state index in [2.05, 4.69) is 6.92 Å². The Balaban J connectivity index is 1.95. The van der Waals surface area contributed by atoms with Gasteiger partial charge in [-0.05, 0) is 24.5 Å². The van der Waals surface area contributed by atoms with Crippen LogP contribution in [0.5, 0.6) is 11.5 Å². The molecule has 1 aliphatic heterocycles. The van der Waals surface area contributed by atoms with E-state index in [0.29, 0.717) is 24.0 Å². The van der Waals surface area contributed by atoms with Crippen LogP contribution < -0.4 is 9.47 Å². The Morgan fingerprint density at radius 3 is 2.75 bits per heavy atom. The van der Waals surface area contributed by atoms with E-state index in [1.54, 1.807) is 24.1 Å². The van der Waals surface area contributed by atoms with Crippen molar-refractivity contribution in [1.29, 1.82) is 0 Å². The number of aliphatic hydroxyl groups excluding tert-OH is 1. The zero-order valence-electron chi connectivity index (χ0n) is 11.9. The largest absolute Gasteiger partial charge is 0.493 e. The van der Waals surface area contributed by atoms with Crippen LogP contribution in [0.3, 0.4) is 0 Å². The molecule has 0 spiro atoms. The summed E-state index contributed by atoms with van der Waals surface area (Å²) in [4.78, 5) is 13.9. The van der Waals surface area contributed by atoms with Gasteiger partial charge in [0.15, 0.2) is 18.1 Å². The summed E-state index contributed by atoms with van der Waals surface area (Å²) in [7, 11) is 1.56. The predicted octanol–water partition coefficient (Wildman–Crippen LogP) is 1.30. The number of para-hydroxylation sites is 2. The van der Waals surface area contributed by atoms with Crippen LogP contribution in [0, 0.1) is 5.92 Å². The van der Waals surface area contributed by atoms with E-state index < -0.39 is 0 Å². The summed E-state index contributed by atoms with van der Waals surface area (Å²) in [6, 6.07) is 7.13. The molecule has 1 N–H and O–H groups in total. The highest BCUT2D eigenvalue weighted by Crippen LogP contribution is 2.27. The summed E-state index contributed by atoms with van der Waals surface area (Å²) in [5.74, 6) is 1.39. The van der Waals surface area contributed by atoms with E-state index in [1.807, 2.05) is 12.1 Å². The van der Waals surface area contributed by atoms with Gasteiger partial charge < -0.3 is 19.5 Å². The minimum Gasteiger partial charge on any atom is -0.493 e. The van der Waals surface area contributed by atoms with Crippen molar-refractivity contribution in [3.05, 3.63) is 24.3 Å². The Labute approximate surface area is 119 Å². The molecule has 1 amide bonds. The van der Waals surface area contributed by atoms with Crippen LogP contribution >= 0.6 is 0 Å². The first-order valence-electron chi connectivity index (χ1n) is 6.83. The smallest absolute Gasteiger partial charge is 0.260 e. The monoisotopic (exact) mass is 279 g/mol. The van der Waals surface area contributed by atoms with Crippen LogP contribution in [-0.4, -0.2) is 48.8 Å². The molecule has 2 atom stereocenters. The molecule has 1 fully saturated rings. The molecule has 0 bridgehead atoms. The molecule has 0 radical (unpaired) electrons. The maximum absolute atomic E-state index is 12.2. The van der Waals surface area contributed by atoms with Gasteiger partial charge >= 0.3 is 0 Å². The van der Waals surface area contributed by atoms with Gasteiger partial charge in [-0.1, -0.05) is 19.1 Å². The number of likely N-dealkylation sites (tertiary alicyclic amines) is 1. The Morgan fingerprint density at radius 2 is 2.10 bits per heavy atom. The van der Waals surface area contributed by atoms with Crippen molar-refractivity contribution in [2.75, 3.05) is 26.9 Å². The highest BCUT2D eigenvalue weighted by Gasteiger charge is 2.33. The minimum atomic E-state index is -0.0979. The molecule has 5 heteroatoms. The molecule has 5 nitrogen and oxygen atoms in total. The van der Waals surface area contributed by atoms with E-state index in [-0.39, 0.29) is 25.2 Å². The lowest BCUT2D eigenvalue weighted by Gasteiger charge is -2.25. The zero-order valence-corrected chi connectivity index (χ0v) is 11.9. The maximum Gasteiger partial charge on any atom is 0.260 e. The van der Waals surface area contributed by atoms with Crippen molar-refractivity contribution in [1.82, 2.24) is 4.90 Å². The Bertz CT molecular complexity index is 463. The number of ether oxygens (including phenoxy) is 2. The third-order valence-corrected chi connectivity index (χ3v) is 3.81. The second kappa shape index (κ2) is 6.61. The number of aliphatic hydroxyl groups is 1. The van der Waals surface area contributed by atoms with Gasteiger partial charge in [-0.25, -0.2) is 0 Å². The molecule has 20 heavy (non-hydrogen) atoms. The lowest BCUT2D eigenvalue weighted by atomic mass is 10.0. The number of benzene rings is 1. The van der Waals surface area contributed by atoms with E-state index in [9.17, 15) is 9.90 Å². The van der Waals surface area contributed by atoms with Gasteiger partial charge in [-0.15, -0.1) is 0 Å². The fourth-order valence-electron chi connectivity index (χ4n) is 2.56. The number of carbonyl (C=O) groups excluding carboxylic acids is 1. The number of nitrogens with zero attached hydrogens (tertiary/aromatic N) is 1. The fraction of sp³-hybridized carbons (Fsp3) is 0.533.